The molecule has 0 atom stereocenters. The normalized spacial score (nSPS) is 24.1. The van der Waals surface area contributed by atoms with Crippen LogP contribution in [0.4, 0.5) is 0 Å². The number of hydrogen-bond acceptors (Lipinski definition) is 2. The summed E-state index contributed by atoms with van der Waals surface area (Å²) in [4.78, 5) is 0. The van der Waals surface area contributed by atoms with Crippen LogP contribution in [0.1, 0.15) is 43.7 Å². The molecular weight excluding hydrogens is 222 g/mol. The number of rotatable bonds is 5. The first-order valence-corrected chi connectivity index (χ1v) is 7.24. The van der Waals surface area contributed by atoms with Crippen molar-refractivity contribution in [1.82, 2.24) is 5.32 Å². The molecule has 1 aromatic rings. The summed E-state index contributed by atoms with van der Waals surface area (Å²) in [6.07, 6.45) is 5.38. The van der Waals surface area contributed by atoms with E-state index in [1.54, 1.807) is 0 Å². The first-order chi connectivity index (χ1) is 8.78. The van der Waals surface area contributed by atoms with Gasteiger partial charge >= 0.3 is 0 Å². The SMILES string of the molecule is CCc1ccc(CNCC2CCC(O)CC2)cc1. The van der Waals surface area contributed by atoms with Crippen molar-refractivity contribution >= 4 is 0 Å². The molecular formula is C16H25NO. The largest absolute Gasteiger partial charge is 0.393 e. The first-order valence-electron chi connectivity index (χ1n) is 7.24. The maximum Gasteiger partial charge on any atom is 0.0540 e. The molecule has 0 radical (unpaired) electrons. The van der Waals surface area contributed by atoms with Gasteiger partial charge in [-0.15, -0.1) is 0 Å². The van der Waals surface area contributed by atoms with Crippen LogP contribution in [-0.2, 0) is 13.0 Å². The van der Waals surface area contributed by atoms with Crippen LogP contribution >= 0.6 is 0 Å². The monoisotopic (exact) mass is 247 g/mol. The Morgan fingerprint density at radius 1 is 1.06 bits per heavy atom. The number of aryl methyl sites for hydroxylation is 1. The fourth-order valence-electron chi connectivity index (χ4n) is 2.66. The molecule has 2 rings (SSSR count). The fraction of sp³-hybridized carbons (Fsp3) is 0.625. The molecule has 0 amide bonds. The summed E-state index contributed by atoms with van der Waals surface area (Å²) in [5.74, 6) is 0.753. The Morgan fingerprint density at radius 2 is 1.67 bits per heavy atom. The highest BCUT2D eigenvalue weighted by Crippen LogP contribution is 2.23. The van der Waals surface area contributed by atoms with E-state index in [2.05, 4.69) is 36.5 Å². The molecule has 18 heavy (non-hydrogen) atoms. The molecule has 0 bridgehead atoms. The highest BCUT2D eigenvalue weighted by atomic mass is 16.3. The van der Waals surface area contributed by atoms with E-state index >= 15 is 0 Å². The molecule has 0 spiro atoms. The number of benzene rings is 1. The van der Waals surface area contributed by atoms with Gasteiger partial charge in [0.2, 0.25) is 0 Å². The lowest BCUT2D eigenvalue weighted by atomic mass is 9.87. The second-order valence-corrected chi connectivity index (χ2v) is 5.48. The summed E-state index contributed by atoms with van der Waals surface area (Å²) in [5, 5.41) is 13.0. The predicted molar refractivity (Wildman–Crippen MR) is 75.5 cm³/mol. The lowest BCUT2D eigenvalue weighted by Gasteiger charge is -2.25. The van der Waals surface area contributed by atoms with Gasteiger partial charge in [-0.1, -0.05) is 31.2 Å². The van der Waals surface area contributed by atoms with Crippen LogP contribution in [0.5, 0.6) is 0 Å². The average Bonchev–Trinajstić information content (AvgIpc) is 2.42. The number of nitrogens with one attached hydrogen (secondary N) is 1. The molecule has 1 saturated carbocycles. The van der Waals surface area contributed by atoms with Crippen molar-refractivity contribution < 1.29 is 5.11 Å². The molecule has 2 heteroatoms. The van der Waals surface area contributed by atoms with E-state index < -0.39 is 0 Å². The van der Waals surface area contributed by atoms with Gasteiger partial charge in [0.1, 0.15) is 0 Å². The van der Waals surface area contributed by atoms with Crippen LogP contribution in [0, 0.1) is 5.92 Å². The molecule has 1 aromatic carbocycles. The Kier molecular flexibility index (Phi) is 5.21. The molecule has 0 unspecified atom stereocenters. The first kappa shape index (κ1) is 13.6. The Balaban J connectivity index is 1.68. The van der Waals surface area contributed by atoms with Crippen molar-refractivity contribution in [2.24, 2.45) is 5.92 Å². The zero-order chi connectivity index (χ0) is 12.8. The van der Waals surface area contributed by atoms with Crippen molar-refractivity contribution in [3.8, 4) is 0 Å². The topological polar surface area (TPSA) is 32.3 Å². The van der Waals surface area contributed by atoms with Crippen molar-refractivity contribution in [3.63, 3.8) is 0 Å². The molecule has 1 aliphatic carbocycles. The zero-order valence-corrected chi connectivity index (χ0v) is 11.4. The number of aliphatic hydroxyl groups is 1. The van der Waals surface area contributed by atoms with Crippen LogP contribution in [0.2, 0.25) is 0 Å². The smallest absolute Gasteiger partial charge is 0.0540 e. The second-order valence-electron chi connectivity index (χ2n) is 5.48. The van der Waals surface area contributed by atoms with Crippen molar-refractivity contribution in [2.75, 3.05) is 6.54 Å². The molecule has 1 aliphatic rings. The minimum atomic E-state index is -0.0390. The third-order valence-corrected chi connectivity index (χ3v) is 4.01. The van der Waals surface area contributed by atoms with Crippen LogP contribution in [0.25, 0.3) is 0 Å². The Labute approximate surface area is 110 Å². The lowest BCUT2D eigenvalue weighted by Crippen LogP contribution is -2.27. The van der Waals surface area contributed by atoms with Gasteiger partial charge in [0.15, 0.2) is 0 Å². The Hall–Kier alpha value is -0.860. The predicted octanol–water partition coefficient (Wildman–Crippen LogP) is 2.89. The van der Waals surface area contributed by atoms with Crippen molar-refractivity contribution in [2.45, 2.75) is 51.7 Å². The quantitative estimate of drug-likeness (QED) is 0.838. The van der Waals surface area contributed by atoms with E-state index in [9.17, 15) is 5.11 Å². The summed E-state index contributed by atoms with van der Waals surface area (Å²) in [7, 11) is 0. The van der Waals surface area contributed by atoms with Gasteiger partial charge in [-0.25, -0.2) is 0 Å². The highest BCUT2D eigenvalue weighted by molar-refractivity contribution is 5.22. The van der Waals surface area contributed by atoms with E-state index in [1.165, 1.54) is 24.0 Å². The molecule has 2 nitrogen and oxygen atoms in total. The summed E-state index contributed by atoms with van der Waals surface area (Å²) in [6.45, 7) is 4.23. The second kappa shape index (κ2) is 6.91. The Bertz CT molecular complexity index is 339. The summed E-state index contributed by atoms with van der Waals surface area (Å²) in [6, 6.07) is 8.87. The van der Waals surface area contributed by atoms with Gasteiger partial charge in [0.05, 0.1) is 6.10 Å². The van der Waals surface area contributed by atoms with Gasteiger partial charge in [0, 0.05) is 6.54 Å². The van der Waals surface area contributed by atoms with Crippen LogP contribution < -0.4 is 5.32 Å². The molecule has 0 saturated heterocycles. The van der Waals surface area contributed by atoms with Gasteiger partial charge in [-0.05, 0) is 55.7 Å². The molecule has 2 N–H and O–H groups in total. The Morgan fingerprint density at radius 3 is 2.28 bits per heavy atom. The summed E-state index contributed by atoms with van der Waals surface area (Å²) in [5.41, 5.74) is 2.77. The van der Waals surface area contributed by atoms with E-state index in [-0.39, 0.29) is 6.10 Å². The molecule has 0 aromatic heterocycles. The third-order valence-electron chi connectivity index (χ3n) is 4.01. The maximum absolute atomic E-state index is 9.46. The van der Waals surface area contributed by atoms with Gasteiger partial charge < -0.3 is 10.4 Å². The van der Waals surface area contributed by atoms with E-state index in [1.807, 2.05) is 0 Å². The number of aliphatic hydroxyl groups excluding tert-OH is 1. The fourth-order valence-corrected chi connectivity index (χ4v) is 2.66. The van der Waals surface area contributed by atoms with E-state index in [0.717, 1.165) is 38.3 Å². The average molecular weight is 247 g/mol. The van der Waals surface area contributed by atoms with E-state index in [4.69, 9.17) is 0 Å². The molecule has 100 valence electrons. The van der Waals surface area contributed by atoms with Gasteiger partial charge in [-0.2, -0.15) is 0 Å². The van der Waals surface area contributed by atoms with E-state index in [0.29, 0.717) is 0 Å². The van der Waals surface area contributed by atoms with Crippen molar-refractivity contribution in [3.05, 3.63) is 35.4 Å². The minimum Gasteiger partial charge on any atom is -0.393 e. The van der Waals surface area contributed by atoms with Crippen LogP contribution in [0.3, 0.4) is 0 Å². The van der Waals surface area contributed by atoms with Crippen molar-refractivity contribution in [1.29, 1.82) is 0 Å². The molecule has 0 aliphatic heterocycles. The molecule has 0 heterocycles. The van der Waals surface area contributed by atoms with Gasteiger partial charge in [0.25, 0.3) is 0 Å². The maximum atomic E-state index is 9.46. The summed E-state index contributed by atoms with van der Waals surface area (Å²) < 4.78 is 0. The summed E-state index contributed by atoms with van der Waals surface area (Å²) >= 11 is 0. The van der Waals surface area contributed by atoms with Gasteiger partial charge in [-0.3, -0.25) is 0 Å². The van der Waals surface area contributed by atoms with Crippen LogP contribution in [0.15, 0.2) is 24.3 Å². The number of hydrogen-bond donors (Lipinski definition) is 2. The lowest BCUT2D eigenvalue weighted by molar-refractivity contribution is 0.108. The zero-order valence-electron chi connectivity index (χ0n) is 11.4. The third kappa shape index (κ3) is 4.11. The standard InChI is InChI=1S/C16H25NO/c1-2-13-3-5-14(6-4-13)11-17-12-15-7-9-16(18)10-8-15/h3-6,15-18H,2,7-12H2,1H3. The molecule has 1 fully saturated rings. The van der Waals surface area contributed by atoms with Crippen LogP contribution in [-0.4, -0.2) is 17.8 Å². The minimum absolute atomic E-state index is 0.0390. The highest BCUT2D eigenvalue weighted by Gasteiger charge is 2.18.